The van der Waals surface area contributed by atoms with Gasteiger partial charge in [-0.3, -0.25) is 0 Å². The summed E-state index contributed by atoms with van der Waals surface area (Å²) in [6.07, 6.45) is 7.84. The van der Waals surface area contributed by atoms with Crippen LogP contribution in [0.25, 0.3) is 0 Å². The lowest BCUT2D eigenvalue weighted by Crippen LogP contribution is -2.39. The highest BCUT2D eigenvalue weighted by Gasteiger charge is 2.24. The Balaban J connectivity index is 1.65. The fourth-order valence-electron chi connectivity index (χ4n) is 3.37. The zero-order chi connectivity index (χ0) is 12.3. The van der Waals surface area contributed by atoms with Gasteiger partial charge in [-0.1, -0.05) is 0 Å². The maximum absolute atomic E-state index is 5.96. The Labute approximate surface area is 106 Å². The number of likely N-dealkylation sites (tertiary alicyclic amines) is 1. The zero-order valence-electron chi connectivity index (χ0n) is 11.6. The van der Waals surface area contributed by atoms with E-state index in [1.807, 2.05) is 0 Å². The number of nitrogens with zero attached hydrogens (tertiary/aromatic N) is 2. The smallest absolute Gasteiger partial charge is 0.00933 e. The minimum absolute atomic E-state index is 0.475. The average Bonchev–Trinajstić information content (AvgIpc) is 2.73. The van der Waals surface area contributed by atoms with Crippen molar-refractivity contribution in [3.05, 3.63) is 0 Å². The SMILES string of the molecule is CN1CCC(CCN(C)C2CCC(N)CC2)C1. The van der Waals surface area contributed by atoms with E-state index in [1.165, 1.54) is 58.2 Å². The Morgan fingerprint density at radius 3 is 2.47 bits per heavy atom. The summed E-state index contributed by atoms with van der Waals surface area (Å²) in [6.45, 7) is 3.88. The molecule has 3 nitrogen and oxygen atoms in total. The van der Waals surface area contributed by atoms with Crippen molar-refractivity contribution in [2.45, 2.75) is 50.6 Å². The van der Waals surface area contributed by atoms with Crippen LogP contribution in [0.5, 0.6) is 0 Å². The first-order valence-electron chi connectivity index (χ1n) is 7.29. The molecule has 0 amide bonds. The molecule has 1 saturated heterocycles. The highest BCUT2D eigenvalue weighted by atomic mass is 15.1. The van der Waals surface area contributed by atoms with Crippen molar-refractivity contribution in [3.8, 4) is 0 Å². The highest BCUT2D eigenvalue weighted by molar-refractivity contribution is 4.81. The molecule has 0 aromatic heterocycles. The van der Waals surface area contributed by atoms with Crippen molar-refractivity contribution in [1.82, 2.24) is 9.80 Å². The second kappa shape index (κ2) is 6.17. The van der Waals surface area contributed by atoms with Crippen molar-refractivity contribution in [2.24, 2.45) is 11.7 Å². The van der Waals surface area contributed by atoms with E-state index in [4.69, 9.17) is 5.73 Å². The van der Waals surface area contributed by atoms with Crippen LogP contribution in [-0.4, -0.2) is 55.6 Å². The van der Waals surface area contributed by atoms with E-state index in [9.17, 15) is 0 Å². The zero-order valence-corrected chi connectivity index (χ0v) is 11.6. The molecule has 1 heterocycles. The molecular weight excluding hydrogens is 210 g/mol. The molecule has 2 rings (SSSR count). The van der Waals surface area contributed by atoms with Crippen molar-refractivity contribution in [2.75, 3.05) is 33.7 Å². The molecular formula is C14H29N3. The Kier molecular flexibility index (Phi) is 4.83. The second-order valence-corrected chi connectivity index (χ2v) is 6.25. The number of hydrogen-bond donors (Lipinski definition) is 1. The van der Waals surface area contributed by atoms with Crippen molar-refractivity contribution in [3.63, 3.8) is 0 Å². The molecule has 2 aliphatic rings. The first kappa shape index (κ1) is 13.3. The van der Waals surface area contributed by atoms with Gasteiger partial charge in [0.25, 0.3) is 0 Å². The van der Waals surface area contributed by atoms with Crippen LogP contribution < -0.4 is 5.73 Å². The molecule has 1 aliphatic carbocycles. The van der Waals surface area contributed by atoms with E-state index in [-0.39, 0.29) is 0 Å². The molecule has 1 atom stereocenters. The van der Waals surface area contributed by atoms with Gasteiger partial charge in [0.1, 0.15) is 0 Å². The fourth-order valence-corrected chi connectivity index (χ4v) is 3.37. The minimum atomic E-state index is 0.475. The number of rotatable bonds is 4. The van der Waals surface area contributed by atoms with Crippen LogP contribution in [0.15, 0.2) is 0 Å². The predicted octanol–water partition coefficient (Wildman–Crippen LogP) is 1.53. The van der Waals surface area contributed by atoms with Gasteiger partial charge in [0.05, 0.1) is 0 Å². The summed E-state index contributed by atoms with van der Waals surface area (Å²) in [7, 11) is 4.55. The maximum Gasteiger partial charge on any atom is 0.00933 e. The van der Waals surface area contributed by atoms with E-state index in [2.05, 4.69) is 23.9 Å². The predicted molar refractivity (Wildman–Crippen MR) is 73.1 cm³/mol. The Bertz CT molecular complexity index is 224. The van der Waals surface area contributed by atoms with Crippen molar-refractivity contribution < 1.29 is 0 Å². The molecule has 0 bridgehead atoms. The highest BCUT2D eigenvalue weighted by Crippen LogP contribution is 2.23. The van der Waals surface area contributed by atoms with Crippen molar-refractivity contribution >= 4 is 0 Å². The summed E-state index contributed by atoms with van der Waals surface area (Å²) >= 11 is 0. The molecule has 2 fully saturated rings. The minimum Gasteiger partial charge on any atom is -0.328 e. The monoisotopic (exact) mass is 239 g/mol. The van der Waals surface area contributed by atoms with E-state index < -0.39 is 0 Å². The fraction of sp³-hybridized carbons (Fsp3) is 1.00. The van der Waals surface area contributed by atoms with E-state index in [0.717, 1.165) is 12.0 Å². The molecule has 1 aliphatic heterocycles. The lowest BCUT2D eigenvalue weighted by atomic mass is 9.90. The van der Waals surface area contributed by atoms with Crippen LogP contribution in [0.1, 0.15) is 38.5 Å². The summed E-state index contributed by atoms with van der Waals surface area (Å²) in [6, 6.07) is 1.28. The lowest BCUT2D eigenvalue weighted by molar-refractivity contribution is 0.173. The van der Waals surface area contributed by atoms with Gasteiger partial charge in [0.2, 0.25) is 0 Å². The third-order valence-corrected chi connectivity index (χ3v) is 4.74. The molecule has 0 aromatic carbocycles. The van der Waals surface area contributed by atoms with Crippen LogP contribution in [-0.2, 0) is 0 Å². The van der Waals surface area contributed by atoms with Gasteiger partial charge in [0.15, 0.2) is 0 Å². The number of hydrogen-bond acceptors (Lipinski definition) is 3. The second-order valence-electron chi connectivity index (χ2n) is 6.25. The Morgan fingerprint density at radius 1 is 1.18 bits per heavy atom. The topological polar surface area (TPSA) is 32.5 Å². The summed E-state index contributed by atoms with van der Waals surface area (Å²) in [4.78, 5) is 5.05. The standard InChI is InChI=1S/C14H29N3/c1-16-9-7-12(11-16)8-10-17(2)14-5-3-13(15)4-6-14/h12-14H,3-11,15H2,1-2H3. The average molecular weight is 239 g/mol. The van der Waals surface area contributed by atoms with E-state index in [1.54, 1.807) is 0 Å². The van der Waals surface area contributed by atoms with Crippen LogP contribution in [0.4, 0.5) is 0 Å². The van der Waals surface area contributed by atoms with Gasteiger partial charge in [-0.15, -0.1) is 0 Å². The molecule has 3 heteroatoms. The first-order chi connectivity index (χ1) is 8.15. The Morgan fingerprint density at radius 2 is 1.88 bits per heavy atom. The first-order valence-corrected chi connectivity index (χ1v) is 7.29. The molecule has 0 aromatic rings. The molecule has 1 unspecified atom stereocenters. The quantitative estimate of drug-likeness (QED) is 0.807. The summed E-state index contributed by atoms with van der Waals surface area (Å²) in [5, 5.41) is 0. The number of nitrogens with two attached hydrogens (primary N) is 1. The maximum atomic E-state index is 5.96. The van der Waals surface area contributed by atoms with Gasteiger partial charge in [0, 0.05) is 18.6 Å². The molecule has 0 spiro atoms. The van der Waals surface area contributed by atoms with Crippen molar-refractivity contribution in [1.29, 1.82) is 0 Å². The van der Waals surface area contributed by atoms with Gasteiger partial charge in [-0.2, -0.15) is 0 Å². The third kappa shape index (κ3) is 3.94. The lowest BCUT2D eigenvalue weighted by Gasteiger charge is -2.34. The third-order valence-electron chi connectivity index (χ3n) is 4.74. The van der Waals surface area contributed by atoms with Crippen LogP contribution >= 0.6 is 0 Å². The molecule has 2 N–H and O–H groups in total. The van der Waals surface area contributed by atoms with Gasteiger partial charge >= 0.3 is 0 Å². The summed E-state index contributed by atoms with van der Waals surface area (Å²) < 4.78 is 0. The van der Waals surface area contributed by atoms with Gasteiger partial charge < -0.3 is 15.5 Å². The van der Waals surface area contributed by atoms with Crippen LogP contribution in [0, 0.1) is 5.92 Å². The van der Waals surface area contributed by atoms with E-state index in [0.29, 0.717) is 6.04 Å². The molecule has 1 saturated carbocycles. The largest absolute Gasteiger partial charge is 0.328 e. The van der Waals surface area contributed by atoms with E-state index >= 15 is 0 Å². The summed E-state index contributed by atoms with van der Waals surface area (Å²) in [5.74, 6) is 0.938. The van der Waals surface area contributed by atoms with Gasteiger partial charge in [-0.25, -0.2) is 0 Å². The van der Waals surface area contributed by atoms with Gasteiger partial charge in [-0.05, 0) is 71.6 Å². The molecule has 17 heavy (non-hydrogen) atoms. The summed E-state index contributed by atoms with van der Waals surface area (Å²) in [5.41, 5.74) is 5.96. The Hall–Kier alpha value is -0.120. The normalized spacial score (nSPS) is 35.6. The van der Waals surface area contributed by atoms with Crippen LogP contribution in [0.3, 0.4) is 0 Å². The van der Waals surface area contributed by atoms with Crippen LogP contribution in [0.2, 0.25) is 0 Å². The molecule has 0 radical (unpaired) electrons. The molecule has 100 valence electrons.